The Labute approximate surface area is 164 Å². The van der Waals surface area contributed by atoms with Crippen molar-refractivity contribution >= 4 is 21.6 Å². The number of rotatable bonds is 5. The Hall–Kier alpha value is -2.73. The summed E-state index contributed by atoms with van der Waals surface area (Å²) in [5, 5.41) is 9.12. The van der Waals surface area contributed by atoms with Gasteiger partial charge in [0.15, 0.2) is 0 Å². The number of aryl methyl sites for hydroxylation is 2. The molecule has 0 radical (unpaired) electrons. The molecule has 1 heterocycles. The summed E-state index contributed by atoms with van der Waals surface area (Å²) in [6.45, 7) is 4.04. The molecule has 0 aromatic heterocycles. The molecule has 0 bridgehead atoms. The minimum absolute atomic E-state index is 0.00330. The molecule has 1 fully saturated rings. The van der Waals surface area contributed by atoms with Crippen molar-refractivity contribution in [1.82, 2.24) is 4.72 Å². The van der Waals surface area contributed by atoms with Crippen LogP contribution in [0.5, 0.6) is 0 Å². The molecule has 1 N–H and O–H groups in total. The number of benzene rings is 2. The SMILES string of the molecule is Cc1cc(C)cc(N2CC(CNS(=O)(=O)c3ccccc3C#N)OCC2=O)c1. The Morgan fingerprint density at radius 1 is 1.21 bits per heavy atom. The quantitative estimate of drug-likeness (QED) is 0.828. The zero-order chi connectivity index (χ0) is 20.3. The molecule has 1 atom stereocenters. The van der Waals surface area contributed by atoms with Crippen LogP contribution >= 0.6 is 0 Å². The smallest absolute Gasteiger partial charge is 0.253 e. The maximum absolute atomic E-state index is 12.6. The van der Waals surface area contributed by atoms with Gasteiger partial charge in [0.2, 0.25) is 10.0 Å². The molecule has 1 unspecified atom stereocenters. The number of carbonyl (C=O) groups is 1. The van der Waals surface area contributed by atoms with Crippen molar-refractivity contribution in [2.45, 2.75) is 24.8 Å². The predicted molar refractivity (Wildman–Crippen MR) is 104 cm³/mol. The number of carbonyl (C=O) groups excluding carboxylic acids is 1. The van der Waals surface area contributed by atoms with E-state index in [1.165, 1.54) is 12.1 Å². The number of amides is 1. The van der Waals surface area contributed by atoms with E-state index in [0.29, 0.717) is 0 Å². The standard InChI is InChI=1S/C20H21N3O4S/c1-14-7-15(2)9-17(8-14)23-12-18(27-13-20(23)24)11-22-28(25,26)19-6-4-3-5-16(19)10-21/h3-9,18,22H,11-13H2,1-2H3. The highest BCUT2D eigenvalue weighted by molar-refractivity contribution is 7.89. The van der Waals surface area contributed by atoms with Gasteiger partial charge in [0, 0.05) is 12.2 Å². The average Bonchev–Trinajstić information content (AvgIpc) is 2.66. The normalized spacial score (nSPS) is 17.4. The zero-order valence-corrected chi connectivity index (χ0v) is 16.5. The first-order chi connectivity index (χ1) is 13.3. The van der Waals surface area contributed by atoms with Gasteiger partial charge in [0.05, 0.1) is 23.1 Å². The van der Waals surface area contributed by atoms with E-state index in [-0.39, 0.29) is 36.1 Å². The third-order valence-corrected chi connectivity index (χ3v) is 5.93. The number of sulfonamides is 1. The van der Waals surface area contributed by atoms with Crippen molar-refractivity contribution in [3.63, 3.8) is 0 Å². The third kappa shape index (κ3) is 4.39. The molecule has 1 aliphatic heterocycles. The van der Waals surface area contributed by atoms with Gasteiger partial charge in [-0.2, -0.15) is 5.26 Å². The second-order valence-corrected chi connectivity index (χ2v) is 8.48. The van der Waals surface area contributed by atoms with Gasteiger partial charge in [-0.05, 0) is 49.2 Å². The molecule has 0 aliphatic carbocycles. The highest BCUT2D eigenvalue weighted by atomic mass is 32.2. The molecule has 0 saturated carbocycles. The zero-order valence-electron chi connectivity index (χ0n) is 15.7. The lowest BCUT2D eigenvalue weighted by atomic mass is 10.1. The van der Waals surface area contributed by atoms with Crippen molar-refractivity contribution in [3.05, 3.63) is 59.2 Å². The number of morpholine rings is 1. The molecule has 0 spiro atoms. The lowest BCUT2D eigenvalue weighted by molar-refractivity contribution is -0.129. The lowest BCUT2D eigenvalue weighted by Crippen LogP contribution is -2.50. The van der Waals surface area contributed by atoms with Crippen molar-refractivity contribution in [2.24, 2.45) is 0 Å². The molecule has 1 saturated heterocycles. The Kier molecular flexibility index (Phi) is 5.79. The third-order valence-electron chi connectivity index (χ3n) is 4.45. The second kappa shape index (κ2) is 8.10. The van der Waals surface area contributed by atoms with E-state index in [9.17, 15) is 13.2 Å². The molecule has 146 valence electrons. The van der Waals surface area contributed by atoms with Crippen LogP contribution in [0.15, 0.2) is 47.4 Å². The minimum atomic E-state index is -3.87. The van der Waals surface area contributed by atoms with Crippen molar-refractivity contribution in [2.75, 3.05) is 24.6 Å². The molecule has 28 heavy (non-hydrogen) atoms. The van der Waals surface area contributed by atoms with Crippen molar-refractivity contribution in [3.8, 4) is 6.07 Å². The van der Waals surface area contributed by atoms with E-state index in [1.807, 2.05) is 38.1 Å². The molecule has 3 rings (SSSR count). The first-order valence-electron chi connectivity index (χ1n) is 8.79. The van der Waals surface area contributed by atoms with E-state index >= 15 is 0 Å². The Morgan fingerprint density at radius 2 is 1.89 bits per heavy atom. The number of ether oxygens (including phenoxy) is 1. The van der Waals surface area contributed by atoms with Gasteiger partial charge < -0.3 is 9.64 Å². The van der Waals surface area contributed by atoms with E-state index in [0.717, 1.165) is 16.8 Å². The molecule has 2 aromatic rings. The molecular weight excluding hydrogens is 378 g/mol. The summed E-state index contributed by atoms with van der Waals surface area (Å²) in [6.07, 6.45) is -0.498. The van der Waals surface area contributed by atoms with Crippen LogP contribution in [0.1, 0.15) is 16.7 Å². The highest BCUT2D eigenvalue weighted by Gasteiger charge is 2.29. The van der Waals surface area contributed by atoms with Gasteiger partial charge in [-0.3, -0.25) is 4.79 Å². The number of nitriles is 1. The topological polar surface area (TPSA) is 99.5 Å². The van der Waals surface area contributed by atoms with E-state index in [2.05, 4.69) is 4.72 Å². The van der Waals surface area contributed by atoms with Crippen LogP contribution in [-0.4, -0.2) is 40.1 Å². The van der Waals surface area contributed by atoms with Crippen molar-refractivity contribution in [1.29, 1.82) is 5.26 Å². The molecule has 1 amide bonds. The summed E-state index contributed by atoms with van der Waals surface area (Å²) in [5.41, 5.74) is 2.93. The van der Waals surface area contributed by atoms with E-state index in [1.54, 1.807) is 17.0 Å². The van der Waals surface area contributed by atoms with Gasteiger partial charge in [-0.1, -0.05) is 18.2 Å². The van der Waals surface area contributed by atoms with Crippen molar-refractivity contribution < 1.29 is 17.9 Å². The van der Waals surface area contributed by atoms with Crippen LogP contribution in [-0.2, 0) is 19.6 Å². The maximum atomic E-state index is 12.6. The number of nitrogens with one attached hydrogen (secondary N) is 1. The first kappa shape index (κ1) is 20.0. The van der Waals surface area contributed by atoms with E-state index < -0.39 is 16.1 Å². The van der Waals surface area contributed by atoms with Gasteiger partial charge in [-0.15, -0.1) is 0 Å². The monoisotopic (exact) mass is 399 g/mol. The fourth-order valence-electron chi connectivity index (χ4n) is 3.18. The predicted octanol–water partition coefficient (Wildman–Crippen LogP) is 1.89. The summed E-state index contributed by atoms with van der Waals surface area (Å²) in [4.78, 5) is 13.8. The molecule has 2 aromatic carbocycles. The van der Waals surface area contributed by atoms with Crippen LogP contribution in [0.3, 0.4) is 0 Å². The van der Waals surface area contributed by atoms with E-state index in [4.69, 9.17) is 10.00 Å². The fraction of sp³-hybridized carbons (Fsp3) is 0.300. The van der Waals surface area contributed by atoms with Gasteiger partial charge >= 0.3 is 0 Å². The Morgan fingerprint density at radius 3 is 2.57 bits per heavy atom. The fourth-order valence-corrected chi connectivity index (χ4v) is 4.40. The summed E-state index contributed by atoms with van der Waals surface area (Å²) in [7, 11) is -3.87. The highest BCUT2D eigenvalue weighted by Crippen LogP contribution is 2.22. The second-order valence-electron chi connectivity index (χ2n) is 6.74. The molecular formula is C20H21N3O4S. The minimum Gasteiger partial charge on any atom is -0.365 e. The van der Waals surface area contributed by atoms with Crippen LogP contribution < -0.4 is 9.62 Å². The maximum Gasteiger partial charge on any atom is 0.253 e. The first-order valence-corrected chi connectivity index (χ1v) is 10.3. The number of anilines is 1. The van der Waals surface area contributed by atoms with Gasteiger partial charge in [0.1, 0.15) is 12.7 Å². The lowest BCUT2D eigenvalue weighted by Gasteiger charge is -2.33. The Bertz CT molecular complexity index is 1020. The summed E-state index contributed by atoms with van der Waals surface area (Å²) < 4.78 is 33.1. The average molecular weight is 399 g/mol. The van der Waals surface area contributed by atoms with Crippen LogP contribution in [0.4, 0.5) is 5.69 Å². The molecule has 1 aliphatic rings. The van der Waals surface area contributed by atoms with Crippen LogP contribution in [0, 0.1) is 25.2 Å². The molecule has 7 nitrogen and oxygen atoms in total. The number of nitrogens with zero attached hydrogens (tertiary/aromatic N) is 2. The number of hydrogen-bond acceptors (Lipinski definition) is 5. The molecule has 8 heteroatoms. The Balaban J connectivity index is 1.73. The largest absolute Gasteiger partial charge is 0.365 e. The van der Waals surface area contributed by atoms with Gasteiger partial charge in [-0.25, -0.2) is 13.1 Å². The summed E-state index contributed by atoms with van der Waals surface area (Å²) in [5.74, 6) is -0.168. The summed E-state index contributed by atoms with van der Waals surface area (Å²) in [6, 6.07) is 13.7. The van der Waals surface area contributed by atoms with Crippen LogP contribution in [0.25, 0.3) is 0 Å². The van der Waals surface area contributed by atoms with Crippen LogP contribution in [0.2, 0.25) is 0 Å². The number of hydrogen-bond donors (Lipinski definition) is 1. The summed E-state index contributed by atoms with van der Waals surface area (Å²) >= 11 is 0. The van der Waals surface area contributed by atoms with Gasteiger partial charge in [0.25, 0.3) is 5.91 Å².